The molecule has 0 spiro atoms. The molecule has 0 amide bonds. The minimum Gasteiger partial charge on any atom is -0.489 e. The first-order valence-electron chi connectivity index (χ1n) is 9.37. The van der Waals surface area contributed by atoms with E-state index >= 15 is 0 Å². The van der Waals surface area contributed by atoms with Crippen molar-refractivity contribution in [1.82, 2.24) is 0 Å². The van der Waals surface area contributed by atoms with Crippen molar-refractivity contribution in [3.05, 3.63) is 107 Å². The molecular weight excluding hydrogens is 366 g/mol. The fourth-order valence-electron chi connectivity index (χ4n) is 3.37. The van der Waals surface area contributed by atoms with Gasteiger partial charge in [-0.3, -0.25) is 0 Å². The summed E-state index contributed by atoms with van der Waals surface area (Å²) in [7, 11) is 0. The van der Waals surface area contributed by atoms with Gasteiger partial charge in [-0.2, -0.15) is 0 Å². The van der Waals surface area contributed by atoms with E-state index in [0.717, 1.165) is 27.6 Å². The quantitative estimate of drug-likeness (QED) is 0.384. The predicted molar refractivity (Wildman–Crippen MR) is 118 cm³/mol. The van der Waals surface area contributed by atoms with Crippen molar-refractivity contribution in [3.63, 3.8) is 0 Å². The molecule has 0 bridgehead atoms. The molecule has 0 aromatic heterocycles. The van der Waals surface area contributed by atoms with Gasteiger partial charge in [-0.15, -0.1) is 0 Å². The smallest absolute Gasteiger partial charge is 0.125 e. The van der Waals surface area contributed by atoms with E-state index in [1.807, 2.05) is 24.3 Å². The molecule has 0 saturated heterocycles. The third-order valence-corrected chi connectivity index (χ3v) is 5.00. The molecule has 0 atom stereocenters. The molecule has 2 nitrogen and oxygen atoms in total. The number of nitrogens with one attached hydrogen (secondary N) is 1. The summed E-state index contributed by atoms with van der Waals surface area (Å²) in [6, 6.07) is 28.8. The van der Waals surface area contributed by atoms with Crippen LogP contribution in [0, 0.1) is 6.92 Å². The van der Waals surface area contributed by atoms with Crippen LogP contribution < -0.4 is 10.1 Å². The Morgan fingerprint density at radius 3 is 2.57 bits per heavy atom. The standard InChI is InChI=1S/C25H22ClNO/c1-18-6-4-10-22(14-18)27-16-24-23-11-3-2-8-20(23)12-13-25(24)28-17-19-7-5-9-21(26)15-19/h2-15,27H,16-17H2,1H3. The van der Waals surface area contributed by atoms with Gasteiger partial charge in [0.1, 0.15) is 12.4 Å². The van der Waals surface area contributed by atoms with Gasteiger partial charge in [0.2, 0.25) is 0 Å². The van der Waals surface area contributed by atoms with Crippen LogP contribution in [-0.2, 0) is 13.2 Å². The molecule has 0 aliphatic carbocycles. The number of benzene rings is 4. The molecule has 0 aliphatic rings. The molecule has 4 aromatic carbocycles. The average Bonchev–Trinajstić information content (AvgIpc) is 2.71. The Hall–Kier alpha value is -2.97. The van der Waals surface area contributed by atoms with E-state index in [4.69, 9.17) is 16.3 Å². The highest BCUT2D eigenvalue weighted by Gasteiger charge is 2.10. The van der Waals surface area contributed by atoms with Gasteiger partial charge in [-0.25, -0.2) is 0 Å². The second kappa shape index (κ2) is 8.37. The molecule has 1 N–H and O–H groups in total. The zero-order chi connectivity index (χ0) is 19.3. The number of fused-ring (bicyclic) bond motifs is 1. The molecule has 140 valence electrons. The van der Waals surface area contributed by atoms with Crippen LogP contribution in [0.1, 0.15) is 16.7 Å². The summed E-state index contributed by atoms with van der Waals surface area (Å²) >= 11 is 6.10. The Balaban J connectivity index is 1.62. The summed E-state index contributed by atoms with van der Waals surface area (Å²) in [5.41, 5.74) is 4.55. The average molecular weight is 388 g/mol. The van der Waals surface area contributed by atoms with Gasteiger partial charge >= 0.3 is 0 Å². The Kier molecular flexibility index (Phi) is 5.50. The second-order valence-corrected chi connectivity index (χ2v) is 7.34. The topological polar surface area (TPSA) is 21.3 Å². The highest BCUT2D eigenvalue weighted by Crippen LogP contribution is 2.30. The number of rotatable bonds is 6. The van der Waals surface area contributed by atoms with Crippen LogP contribution in [0.25, 0.3) is 10.8 Å². The summed E-state index contributed by atoms with van der Waals surface area (Å²) in [6.45, 7) is 3.27. The lowest BCUT2D eigenvalue weighted by atomic mass is 10.0. The maximum Gasteiger partial charge on any atom is 0.125 e. The Morgan fingerprint density at radius 2 is 1.71 bits per heavy atom. The molecule has 28 heavy (non-hydrogen) atoms. The molecule has 0 saturated carbocycles. The fraction of sp³-hybridized carbons (Fsp3) is 0.120. The van der Waals surface area contributed by atoms with Crippen LogP contribution in [0.2, 0.25) is 5.02 Å². The maximum atomic E-state index is 6.20. The van der Waals surface area contributed by atoms with Crippen LogP contribution in [0.3, 0.4) is 0 Å². The number of hydrogen-bond donors (Lipinski definition) is 1. The SMILES string of the molecule is Cc1cccc(NCc2c(OCc3cccc(Cl)c3)ccc3ccccc23)c1. The maximum absolute atomic E-state index is 6.20. The van der Waals surface area contributed by atoms with Crippen molar-refractivity contribution in [1.29, 1.82) is 0 Å². The minimum absolute atomic E-state index is 0.482. The fourth-order valence-corrected chi connectivity index (χ4v) is 3.58. The second-order valence-electron chi connectivity index (χ2n) is 6.91. The van der Waals surface area contributed by atoms with Crippen LogP contribution in [0.5, 0.6) is 5.75 Å². The molecule has 4 aromatic rings. The molecule has 0 unspecified atom stereocenters. The Morgan fingerprint density at radius 1 is 0.857 bits per heavy atom. The summed E-state index contributed by atoms with van der Waals surface area (Å²) in [5, 5.41) is 6.67. The van der Waals surface area contributed by atoms with Crippen LogP contribution in [0.15, 0.2) is 84.9 Å². The number of aryl methyl sites for hydroxylation is 1. The normalized spacial score (nSPS) is 10.8. The van der Waals surface area contributed by atoms with Crippen molar-refractivity contribution < 1.29 is 4.74 Å². The Bertz CT molecular complexity index is 1110. The van der Waals surface area contributed by atoms with Gasteiger partial charge < -0.3 is 10.1 Å². The first-order valence-corrected chi connectivity index (χ1v) is 9.75. The first-order chi connectivity index (χ1) is 13.7. The molecule has 3 heteroatoms. The van der Waals surface area contributed by atoms with E-state index < -0.39 is 0 Å². The van der Waals surface area contributed by atoms with Crippen molar-refractivity contribution >= 4 is 28.1 Å². The number of halogens is 1. The lowest BCUT2D eigenvalue weighted by Crippen LogP contribution is -2.05. The van der Waals surface area contributed by atoms with Gasteiger partial charge in [-0.1, -0.05) is 66.2 Å². The molecule has 4 rings (SSSR count). The number of ether oxygens (including phenoxy) is 1. The third kappa shape index (κ3) is 4.29. The van der Waals surface area contributed by atoms with Gasteiger partial charge in [-0.05, 0) is 59.2 Å². The van der Waals surface area contributed by atoms with Crippen molar-refractivity contribution in [2.24, 2.45) is 0 Å². The van der Waals surface area contributed by atoms with Gasteiger partial charge in [0.05, 0.1) is 0 Å². The summed E-state index contributed by atoms with van der Waals surface area (Å²) in [6.07, 6.45) is 0. The zero-order valence-corrected chi connectivity index (χ0v) is 16.5. The molecule has 0 aliphatic heterocycles. The number of anilines is 1. The predicted octanol–water partition coefficient (Wildman–Crippen LogP) is 6.99. The molecule has 0 fully saturated rings. The largest absolute Gasteiger partial charge is 0.489 e. The number of hydrogen-bond acceptors (Lipinski definition) is 2. The van der Waals surface area contributed by atoms with E-state index in [-0.39, 0.29) is 0 Å². The monoisotopic (exact) mass is 387 g/mol. The zero-order valence-electron chi connectivity index (χ0n) is 15.8. The van der Waals surface area contributed by atoms with Crippen LogP contribution in [0.4, 0.5) is 5.69 Å². The van der Waals surface area contributed by atoms with Gasteiger partial charge in [0.15, 0.2) is 0 Å². The third-order valence-electron chi connectivity index (χ3n) is 4.77. The van der Waals surface area contributed by atoms with Crippen molar-refractivity contribution in [3.8, 4) is 5.75 Å². The first kappa shape index (κ1) is 18.4. The van der Waals surface area contributed by atoms with E-state index in [9.17, 15) is 0 Å². The lowest BCUT2D eigenvalue weighted by Gasteiger charge is -2.16. The summed E-state index contributed by atoms with van der Waals surface area (Å²) in [5.74, 6) is 0.888. The Labute approximate surface area is 170 Å². The highest BCUT2D eigenvalue weighted by atomic mass is 35.5. The summed E-state index contributed by atoms with van der Waals surface area (Å²) in [4.78, 5) is 0. The van der Waals surface area contributed by atoms with Gasteiger partial charge in [0.25, 0.3) is 0 Å². The van der Waals surface area contributed by atoms with E-state index in [0.29, 0.717) is 13.2 Å². The van der Waals surface area contributed by atoms with E-state index in [1.165, 1.54) is 16.3 Å². The van der Waals surface area contributed by atoms with E-state index in [1.54, 1.807) is 0 Å². The molecule has 0 heterocycles. The molecular formula is C25H22ClNO. The van der Waals surface area contributed by atoms with E-state index in [2.05, 4.69) is 72.9 Å². The van der Waals surface area contributed by atoms with Crippen LogP contribution in [-0.4, -0.2) is 0 Å². The van der Waals surface area contributed by atoms with Crippen LogP contribution >= 0.6 is 11.6 Å². The lowest BCUT2D eigenvalue weighted by molar-refractivity contribution is 0.304. The summed E-state index contributed by atoms with van der Waals surface area (Å²) < 4.78 is 6.20. The van der Waals surface area contributed by atoms with Crippen molar-refractivity contribution in [2.45, 2.75) is 20.1 Å². The van der Waals surface area contributed by atoms with Crippen molar-refractivity contribution in [2.75, 3.05) is 5.32 Å². The molecule has 0 radical (unpaired) electrons. The van der Waals surface area contributed by atoms with Gasteiger partial charge in [0, 0.05) is 22.8 Å². The highest BCUT2D eigenvalue weighted by molar-refractivity contribution is 6.30. The minimum atomic E-state index is 0.482.